The van der Waals surface area contributed by atoms with E-state index in [9.17, 15) is 8.42 Å². The Hall–Kier alpha value is -2.88. The largest absolute Gasteiger partial charge is 0.497 e. The summed E-state index contributed by atoms with van der Waals surface area (Å²) in [5.74, 6) is 2.01. The summed E-state index contributed by atoms with van der Waals surface area (Å²) in [7, 11) is -0.391. The molecule has 1 aromatic heterocycles. The number of hydrogen-bond donors (Lipinski definition) is 1. The number of fused-ring (bicyclic) bond motifs is 2. The molecule has 3 aromatic rings. The quantitative estimate of drug-likeness (QED) is 0.368. The molecule has 0 bridgehead atoms. The van der Waals surface area contributed by atoms with Crippen molar-refractivity contribution in [3.63, 3.8) is 0 Å². The van der Waals surface area contributed by atoms with Gasteiger partial charge in [-0.15, -0.1) is 0 Å². The lowest BCUT2D eigenvalue weighted by molar-refractivity contribution is -0.668. The van der Waals surface area contributed by atoms with Gasteiger partial charge in [0, 0.05) is 37.8 Å². The maximum atomic E-state index is 11.2. The number of thiazole rings is 1. The highest BCUT2D eigenvalue weighted by atomic mass is 32.2. The van der Waals surface area contributed by atoms with E-state index in [0.29, 0.717) is 13.0 Å². The predicted octanol–water partition coefficient (Wildman–Crippen LogP) is 4.64. The summed E-state index contributed by atoms with van der Waals surface area (Å²) >= 11 is 1.65. The molecule has 1 aliphatic rings. The molecule has 0 saturated heterocycles. The molecule has 0 radical (unpaired) electrons. The Morgan fingerprint density at radius 3 is 2.79 bits per heavy atom. The second-order valence-corrected chi connectivity index (χ2v) is 10.4. The van der Waals surface area contributed by atoms with Gasteiger partial charge in [-0.05, 0) is 30.2 Å². The Bertz CT molecular complexity index is 1340. The summed E-state index contributed by atoms with van der Waals surface area (Å²) < 4.78 is 46.1. The normalized spacial score (nSPS) is 15.2. The first-order valence-corrected chi connectivity index (χ1v) is 13.1. The van der Waals surface area contributed by atoms with Gasteiger partial charge in [0.05, 0.1) is 18.6 Å². The van der Waals surface area contributed by atoms with Crippen molar-refractivity contribution in [1.29, 1.82) is 0 Å². The molecule has 0 unspecified atom stereocenters. The molecule has 0 fully saturated rings. The van der Waals surface area contributed by atoms with Gasteiger partial charge in [0.25, 0.3) is 15.1 Å². The molecule has 4 rings (SSSR count). The zero-order valence-corrected chi connectivity index (χ0v) is 20.4. The second kappa shape index (κ2) is 9.54. The van der Waals surface area contributed by atoms with Gasteiger partial charge in [0.15, 0.2) is 12.3 Å². The molecule has 7 nitrogen and oxygen atoms in total. The fourth-order valence-electron chi connectivity index (χ4n) is 3.76. The van der Waals surface area contributed by atoms with Crippen LogP contribution in [0.15, 0.2) is 60.0 Å². The topological polar surface area (TPSA) is 80.0 Å². The average molecular weight is 488 g/mol. The van der Waals surface area contributed by atoms with E-state index in [0.717, 1.165) is 50.3 Å². The molecule has 0 saturated carbocycles. The zero-order valence-electron chi connectivity index (χ0n) is 18.8. The molecule has 0 amide bonds. The van der Waals surface area contributed by atoms with E-state index in [2.05, 4.69) is 23.6 Å². The average Bonchev–Trinajstić information content (AvgIpc) is 3.29. The van der Waals surface area contributed by atoms with Crippen molar-refractivity contribution >= 4 is 43.4 Å². The molecule has 2 aromatic carbocycles. The fourth-order valence-corrected chi connectivity index (χ4v) is 5.42. The van der Waals surface area contributed by atoms with Crippen LogP contribution in [0.5, 0.6) is 11.5 Å². The third-order valence-electron chi connectivity index (χ3n) is 5.52. The summed E-state index contributed by atoms with van der Waals surface area (Å²) in [5, 5.41) is 1.01. The Morgan fingerprint density at radius 1 is 1.27 bits per heavy atom. The van der Waals surface area contributed by atoms with E-state index in [1.165, 1.54) is 0 Å². The van der Waals surface area contributed by atoms with Gasteiger partial charge in [-0.3, -0.25) is 4.55 Å². The summed E-state index contributed by atoms with van der Waals surface area (Å²) in [5.41, 5.74) is 3.06. The maximum absolute atomic E-state index is 11.2. The third kappa shape index (κ3) is 5.21. The second-order valence-electron chi connectivity index (χ2n) is 7.75. The lowest BCUT2D eigenvalue weighted by atomic mass is 10.2. The highest BCUT2D eigenvalue weighted by molar-refractivity contribution is 7.85. The van der Waals surface area contributed by atoms with Crippen LogP contribution in [-0.4, -0.2) is 32.9 Å². The van der Waals surface area contributed by atoms with E-state index in [1.807, 2.05) is 54.4 Å². The molecular formula is C24H27N2O5S2+. The lowest BCUT2D eigenvalue weighted by Crippen LogP contribution is -2.36. The smallest absolute Gasteiger partial charge is 0.265 e. The standard InChI is InChI=1S/C24H26N2O5S2/c1-4-17(14-23-25(2)20-16-18(30-3)10-11-21(20)31-23)15-24-26(12-7-13-33(27,28)29)19-8-5-6-9-22(19)32-24/h5-6,8-11,14-16H,4,7,12-13H2,1-3H3/p+1. The van der Waals surface area contributed by atoms with Crippen molar-refractivity contribution in [3.05, 3.63) is 65.0 Å². The van der Waals surface area contributed by atoms with Crippen LogP contribution >= 0.6 is 11.3 Å². The monoisotopic (exact) mass is 487 g/mol. The Labute approximate surface area is 197 Å². The number of para-hydroxylation sites is 1. The fraction of sp³-hybridized carbons (Fsp3) is 0.292. The molecule has 0 spiro atoms. The number of aromatic nitrogens is 1. The Kier molecular flexibility index (Phi) is 6.73. The van der Waals surface area contributed by atoms with Gasteiger partial charge in [-0.1, -0.05) is 30.4 Å². The van der Waals surface area contributed by atoms with E-state index >= 15 is 0 Å². The van der Waals surface area contributed by atoms with Crippen molar-refractivity contribution in [2.75, 3.05) is 24.8 Å². The van der Waals surface area contributed by atoms with Crippen molar-refractivity contribution in [2.45, 2.75) is 26.3 Å². The third-order valence-corrected chi connectivity index (χ3v) is 7.44. The molecule has 9 heteroatoms. The van der Waals surface area contributed by atoms with Crippen LogP contribution in [-0.2, 0) is 16.7 Å². The summed E-state index contributed by atoms with van der Waals surface area (Å²) in [6.45, 7) is 2.58. The number of nitrogens with zero attached hydrogens (tertiary/aromatic N) is 2. The first-order chi connectivity index (χ1) is 15.8. The number of hydrogen-bond acceptors (Lipinski definition) is 6. The number of aryl methyl sites for hydroxylation is 1. The number of ether oxygens (including phenoxy) is 2. The van der Waals surface area contributed by atoms with Crippen LogP contribution in [0.4, 0.5) is 5.69 Å². The Morgan fingerprint density at radius 2 is 2.06 bits per heavy atom. The molecule has 33 heavy (non-hydrogen) atoms. The number of rotatable bonds is 8. The molecule has 0 atom stereocenters. The van der Waals surface area contributed by atoms with Crippen molar-refractivity contribution in [1.82, 2.24) is 0 Å². The predicted molar refractivity (Wildman–Crippen MR) is 131 cm³/mol. The number of benzene rings is 2. The number of allylic oxidation sites excluding steroid dienone is 2. The highest BCUT2D eigenvalue weighted by Crippen LogP contribution is 2.40. The molecule has 1 aliphatic heterocycles. The first-order valence-electron chi connectivity index (χ1n) is 10.7. The summed E-state index contributed by atoms with van der Waals surface area (Å²) in [4.78, 5) is 1.99. The SMILES string of the molecule is CCC(=Cc1sc2ccccc2[n+]1CCCS(=O)(=O)O)C=C1Oc2ccc(OC)cc2N1C. The minimum atomic E-state index is -3.99. The highest BCUT2D eigenvalue weighted by Gasteiger charge is 2.24. The molecular weight excluding hydrogens is 460 g/mol. The minimum absolute atomic E-state index is 0.266. The van der Waals surface area contributed by atoms with Crippen LogP contribution in [0.2, 0.25) is 0 Å². The minimum Gasteiger partial charge on any atom is -0.497 e. The van der Waals surface area contributed by atoms with Crippen LogP contribution in [0.1, 0.15) is 24.8 Å². The molecule has 174 valence electrons. The van der Waals surface area contributed by atoms with Crippen LogP contribution < -0.4 is 18.9 Å². The van der Waals surface area contributed by atoms with E-state index < -0.39 is 10.1 Å². The van der Waals surface area contributed by atoms with Crippen LogP contribution in [0, 0.1) is 0 Å². The van der Waals surface area contributed by atoms with Crippen molar-refractivity contribution in [2.24, 2.45) is 0 Å². The van der Waals surface area contributed by atoms with Gasteiger partial charge in [-0.2, -0.15) is 13.0 Å². The molecule has 0 aliphatic carbocycles. The Balaban J connectivity index is 1.67. The zero-order chi connectivity index (χ0) is 23.6. The van der Waals surface area contributed by atoms with E-state index in [1.54, 1.807) is 18.4 Å². The lowest BCUT2D eigenvalue weighted by Gasteiger charge is -2.12. The summed E-state index contributed by atoms with van der Waals surface area (Å²) in [6, 6.07) is 13.8. The van der Waals surface area contributed by atoms with Gasteiger partial charge in [0.2, 0.25) is 11.4 Å². The van der Waals surface area contributed by atoms with Crippen molar-refractivity contribution in [3.8, 4) is 11.5 Å². The van der Waals surface area contributed by atoms with Gasteiger partial charge in [0.1, 0.15) is 10.4 Å². The maximum Gasteiger partial charge on any atom is 0.265 e. The number of anilines is 1. The molecule has 1 N–H and O–H groups in total. The van der Waals surface area contributed by atoms with Crippen molar-refractivity contribution < 1.29 is 27.0 Å². The van der Waals surface area contributed by atoms with E-state index in [-0.39, 0.29) is 5.75 Å². The summed E-state index contributed by atoms with van der Waals surface area (Å²) in [6.07, 6.45) is 5.27. The van der Waals surface area contributed by atoms with Crippen LogP contribution in [0.25, 0.3) is 16.3 Å². The van der Waals surface area contributed by atoms with Crippen LogP contribution in [0.3, 0.4) is 0 Å². The number of methoxy groups -OCH3 is 1. The van der Waals surface area contributed by atoms with Gasteiger partial charge in [-0.25, -0.2) is 0 Å². The van der Waals surface area contributed by atoms with Gasteiger partial charge < -0.3 is 14.4 Å². The first kappa shape index (κ1) is 23.3. The molecule has 2 heterocycles. The van der Waals surface area contributed by atoms with Gasteiger partial charge >= 0.3 is 0 Å². The van der Waals surface area contributed by atoms with E-state index in [4.69, 9.17) is 14.0 Å².